The minimum absolute atomic E-state index is 0.149. The topological polar surface area (TPSA) is 69.7 Å². The molecule has 20 heavy (non-hydrogen) atoms. The molecule has 0 amide bonds. The summed E-state index contributed by atoms with van der Waals surface area (Å²) in [5.41, 5.74) is -0.263. The fraction of sp³-hybridized carbons (Fsp3) is 0.667. The van der Waals surface area contributed by atoms with Crippen molar-refractivity contribution in [1.29, 1.82) is 0 Å². The van der Waals surface area contributed by atoms with Gasteiger partial charge >= 0.3 is 11.9 Å². The number of carbonyl (C=O) groups is 3. The lowest BCUT2D eigenvalue weighted by Crippen LogP contribution is -2.54. The summed E-state index contributed by atoms with van der Waals surface area (Å²) in [6.07, 6.45) is 3.36. The molecule has 0 N–H and O–H groups in total. The Kier molecular flexibility index (Phi) is 3.97. The second-order valence-electron chi connectivity index (χ2n) is 5.33. The first-order chi connectivity index (χ1) is 9.45. The zero-order valence-corrected chi connectivity index (χ0v) is 12.2. The van der Waals surface area contributed by atoms with Gasteiger partial charge in [-0.25, -0.2) is 4.79 Å². The van der Waals surface area contributed by atoms with E-state index in [9.17, 15) is 14.4 Å². The molecule has 0 heterocycles. The molecule has 110 valence electrons. The second-order valence-corrected chi connectivity index (χ2v) is 5.33. The van der Waals surface area contributed by atoms with Crippen molar-refractivity contribution in [3.8, 4) is 0 Å². The smallest absolute Gasteiger partial charge is 0.359 e. The van der Waals surface area contributed by atoms with E-state index in [1.807, 2.05) is 0 Å². The molecule has 1 fully saturated rings. The van der Waals surface area contributed by atoms with E-state index >= 15 is 0 Å². The first kappa shape index (κ1) is 14.8. The van der Waals surface area contributed by atoms with Crippen LogP contribution in [0.1, 0.15) is 46.5 Å². The maximum Gasteiger partial charge on any atom is 0.359 e. The van der Waals surface area contributed by atoms with Gasteiger partial charge in [0.1, 0.15) is 0 Å². The van der Waals surface area contributed by atoms with Crippen LogP contribution < -0.4 is 0 Å². The van der Waals surface area contributed by atoms with E-state index in [1.165, 1.54) is 6.92 Å². The molecule has 2 rings (SSSR count). The Labute approximate surface area is 118 Å². The zero-order valence-electron chi connectivity index (χ0n) is 12.2. The van der Waals surface area contributed by atoms with Crippen LogP contribution in [-0.4, -0.2) is 29.9 Å². The third-order valence-electron chi connectivity index (χ3n) is 4.14. The Morgan fingerprint density at radius 1 is 1.35 bits per heavy atom. The number of esters is 2. The van der Waals surface area contributed by atoms with Crippen LogP contribution in [0.4, 0.5) is 0 Å². The van der Waals surface area contributed by atoms with Crippen LogP contribution in [0.5, 0.6) is 0 Å². The van der Waals surface area contributed by atoms with E-state index in [0.717, 1.165) is 24.8 Å². The zero-order chi connectivity index (χ0) is 14.9. The SMILES string of the molecule is CCOC(=O)[C@@]1(OC(C)=O)C(=O)C(C)=C2CCCC[C@H]21. The Morgan fingerprint density at radius 2 is 2.05 bits per heavy atom. The molecule has 0 aliphatic heterocycles. The van der Waals surface area contributed by atoms with Gasteiger partial charge in [-0.2, -0.15) is 0 Å². The molecule has 2 atom stereocenters. The molecule has 5 nitrogen and oxygen atoms in total. The van der Waals surface area contributed by atoms with E-state index in [-0.39, 0.29) is 12.5 Å². The lowest BCUT2D eigenvalue weighted by molar-refractivity contribution is -0.187. The fourth-order valence-electron chi connectivity index (χ4n) is 3.35. The molecule has 0 bridgehead atoms. The highest BCUT2D eigenvalue weighted by atomic mass is 16.6. The van der Waals surface area contributed by atoms with Gasteiger partial charge in [0, 0.05) is 12.8 Å². The molecular weight excluding hydrogens is 260 g/mol. The van der Waals surface area contributed by atoms with Gasteiger partial charge in [0.15, 0.2) is 0 Å². The molecule has 0 spiro atoms. The van der Waals surface area contributed by atoms with Gasteiger partial charge < -0.3 is 9.47 Å². The van der Waals surface area contributed by atoms with E-state index in [1.54, 1.807) is 13.8 Å². The molecule has 0 unspecified atom stereocenters. The van der Waals surface area contributed by atoms with Crippen LogP contribution in [0, 0.1) is 5.92 Å². The molecule has 2 aliphatic carbocycles. The summed E-state index contributed by atoms with van der Waals surface area (Å²) in [5.74, 6) is -2.13. The number of fused-ring (bicyclic) bond motifs is 1. The average molecular weight is 280 g/mol. The van der Waals surface area contributed by atoms with Crippen LogP contribution in [0.2, 0.25) is 0 Å². The minimum Gasteiger partial charge on any atom is -0.463 e. The van der Waals surface area contributed by atoms with Crippen molar-refractivity contribution in [1.82, 2.24) is 0 Å². The van der Waals surface area contributed by atoms with E-state index in [4.69, 9.17) is 9.47 Å². The maximum atomic E-state index is 12.6. The van der Waals surface area contributed by atoms with Crippen molar-refractivity contribution >= 4 is 17.7 Å². The Balaban J connectivity index is 2.48. The summed E-state index contributed by atoms with van der Waals surface area (Å²) in [6, 6.07) is 0. The summed E-state index contributed by atoms with van der Waals surface area (Å²) >= 11 is 0. The number of ketones is 1. The van der Waals surface area contributed by atoms with Gasteiger partial charge in [0.05, 0.1) is 6.61 Å². The molecule has 0 aromatic rings. The van der Waals surface area contributed by atoms with Crippen LogP contribution in [-0.2, 0) is 23.9 Å². The number of ether oxygens (including phenoxy) is 2. The highest BCUT2D eigenvalue weighted by Crippen LogP contribution is 2.48. The Morgan fingerprint density at radius 3 is 2.65 bits per heavy atom. The van der Waals surface area contributed by atoms with Crippen molar-refractivity contribution in [2.45, 2.75) is 52.1 Å². The van der Waals surface area contributed by atoms with Crippen molar-refractivity contribution in [3.63, 3.8) is 0 Å². The summed E-state index contributed by atoms with van der Waals surface area (Å²) in [4.78, 5) is 36.4. The van der Waals surface area contributed by atoms with E-state index in [0.29, 0.717) is 12.0 Å². The fourth-order valence-corrected chi connectivity index (χ4v) is 3.35. The van der Waals surface area contributed by atoms with Gasteiger partial charge in [-0.3, -0.25) is 9.59 Å². The average Bonchev–Trinajstić information content (AvgIpc) is 2.62. The highest BCUT2D eigenvalue weighted by molar-refractivity contribution is 6.19. The number of Topliss-reactive ketones (excluding diaryl/α,β-unsaturated/α-hetero) is 1. The van der Waals surface area contributed by atoms with Crippen molar-refractivity contribution in [3.05, 3.63) is 11.1 Å². The molecule has 2 aliphatic rings. The van der Waals surface area contributed by atoms with E-state index < -0.39 is 23.3 Å². The highest BCUT2D eigenvalue weighted by Gasteiger charge is 2.62. The number of hydrogen-bond donors (Lipinski definition) is 0. The van der Waals surface area contributed by atoms with Crippen molar-refractivity contribution < 1.29 is 23.9 Å². The van der Waals surface area contributed by atoms with Crippen LogP contribution in [0.15, 0.2) is 11.1 Å². The van der Waals surface area contributed by atoms with Gasteiger partial charge in [-0.1, -0.05) is 12.0 Å². The minimum atomic E-state index is -1.78. The summed E-state index contributed by atoms with van der Waals surface area (Å²) < 4.78 is 10.3. The lowest BCUT2D eigenvalue weighted by atomic mass is 9.77. The molecule has 0 aromatic heterocycles. The quantitative estimate of drug-likeness (QED) is 0.583. The Bertz CT molecular complexity index is 490. The summed E-state index contributed by atoms with van der Waals surface area (Å²) in [7, 11) is 0. The number of carbonyl (C=O) groups excluding carboxylic acids is 3. The third kappa shape index (κ3) is 2.05. The second kappa shape index (κ2) is 5.38. The van der Waals surface area contributed by atoms with Crippen molar-refractivity contribution in [2.75, 3.05) is 6.61 Å². The largest absolute Gasteiger partial charge is 0.463 e. The molecule has 0 saturated heterocycles. The van der Waals surface area contributed by atoms with Crippen LogP contribution in [0.3, 0.4) is 0 Å². The standard InChI is InChI=1S/C15H20O5/c1-4-19-14(18)15(20-10(3)16)12-8-6-5-7-11(12)9(2)13(15)17/h12H,4-8H2,1-3H3/t12-,15+/m1/s1. The third-order valence-corrected chi connectivity index (χ3v) is 4.14. The van der Waals surface area contributed by atoms with E-state index in [2.05, 4.69) is 0 Å². The van der Waals surface area contributed by atoms with Gasteiger partial charge in [-0.15, -0.1) is 0 Å². The maximum absolute atomic E-state index is 12.6. The van der Waals surface area contributed by atoms with Crippen LogP contribution in [0.25, 0.3) is 0 Å². The first-order valence-corrected chi connectivity index (χ1v) is 7.06. The molecule has 0 aromatic carbocycles. The molecule has 1 saturated carbocycles. The predicted molar refractivity (Wildman–Crippen MR) is 70.8 cm³/mol. The summed E-state index contributed by atoms with van der Waals surface area (Å²) in [5, 5.41) is 0. The van der Waals surface area contributed by atoms with Gasteiger partial charge in [-0.05, 0) is 38.7 Å². The molecule has 0 radical (unpaired) electrons. The first-order valence-electron chi connectivity index (χ1n) is 7.06. The number of rotatable bonds is 3. The van der Waals surface area contributed by atoms with Gasteiger partial charge in [0.25, 0.3) is 5.60 Å². The van der Waals surface area contributed by atoms with Gasteiger partial charge in [0.2, 0.25) is 5.78 Å². The van der Waals surface area contributed by atoms with Crippen molar-refractivity contribution in [2.24, 2.45) is 5.92 Å². The normalized spacial score (nSPS) is 29.1. The monoisotopic (exact) mass is 280 g/mol. The lowest BCUT2D eigenvalue weighted by Gasteiger charge is -2.34. The Hall–Kier alpha value is -1.65. The summed E-state index contributed by atoms with van der Waals surface area (Å²) in [6.45, 7) is 4.74. The molecule has 5 heteroatoms. The van der Waals surface area contributed by atoms with Crippen LogP contribution >= 0.6 is 0 Å². The predicted octanol–water partition coefficient (Wildman–Crippen LogP) is 1.94. The molecular formula is C15H20O5. The number of hydrogen-bond acceptors (Lipinski definition) is 5.